The van der Waals surface area contributed by atoms with Gasteiger partial charge in [0.25, 0.3) is 0 Å². The monoisotopic (exact) mass is 296 g/mol. The molecule has 0 spiro atoms. The molecule has 0 aliphatic rings. The summed E-state index contributed by atoms with van der Waals surface area (Å²) in [5.41, 5.74) is 1.89. The Balaban J connectivity index is 2.20. The predicted molar refractivity (Wildman–Crippen MR) is 79.0 cm³/mol. The minimum absolute atomic E-state index is 0.309. The van der Waals surface area contributed by atoms with E-state index in [2.05, 4.69) is 5.32 Å². The minimum atomic E-state index is -3.43. The maximum atomic E-state index is 12.4. The van der Waals surface area contributed by atoms with Gasteiger partial charge in [0.1, 0.15) is 0 Å². The minimum Gasteiger partial charge on any atom is -0.388 e. The molecule has 19 heavy (non-hydrogen) atoms. The van der Waals surface area contributed by atoms with E-state index in [1.54, 1.807) is 49.7 Å². The van der Waals surface area contributed by atoms with Crippen LogP contribution < -0.4 is 5.32 Å². The van der Waals surface area contributed by atoms with Gasteiger partial charge in [-0.15, -0.1) is 0 Å². The lowest BCUT2D eigenvalue weighted by atomic mass is 10.3. The van der Waals surface area contributed by atoms with Crippen molar-refractivity contribution in [2.75, 3.05) is 19.4 Å². The summed E-state index contributed by atoms with van der Waals surface area (Å²) in [4.78, 5) is 0.309. The predicted octanol–water partition coefficient (Wildman–Crippen LogP) is 2.61. The third-order valence-corrected chi connectivity index (χ3v) is 5.39. The first-order valence-electron chi connectivity index (χ1n) is 5.79. The quantitative estimate of drug-likeness (QED) is 0.922. The number of hydrogen-bond acceptors (Lipinski definition) is 4. The molecule has 0 saturated heterocycles. The van der Waals surface area contributed by atoms with Crippen LogP contribution in [0.2, 0.25) is 0 Å². The van der Waals surface area contributed by atoms with Crippen molar-refractivity contribution >= 4 is 27.0 Å². The number of sulfonamides is 1. The van der Waals surface area contributed by atoms with Gasteiger partial charge >= 0.3 is 0 Å². The number of benzene rings is 1. The lowest BCUT2D eigenvalue weighted by Gasteiger charge is -2.16. The molecule has 0 fully saturated rings. The van der Waals surface area contributed by atoms with Crippen LogP contribution in [-0.4, -0.2) is 26.8 Å². The van der Waals surface area contributed by atoms with E-state index in [0.29, 0.717) is 11.4 Å². The van der Waals surface area contributed by atoms with Crippen molar-refractivity contribution in [2.45, 2.75) is 11.4 Å². The van der Waals surface area contributed by atoms with Gasteiger partial charge in [-0.25, -0.2) is 8.42 Å². The molecule has 0 saturated carbocycles. The number of hydrogen-bond donors (Lipinski definition) is 1. The van der Waals surface area contributed by atoms with E-state index < -0.39 is 10.0 Å². The highest BCUT2D eigenvalue weighted by atomic mass is 32.2. The van der Waals surface area contributed by atoms with Crippen LogP contribution in [0.25, 0.3) is 0 Å². The maximum Gasteiger partial charge on any atom is 0.243 e. The molecule has 2 rings (SSSR count). The second-order valence-corrected chi connectivity index (χ2v) is 6.99. The zero-order chi connectivity index (χ0) is 13.9. The van der Waals surface area contributed by atoms with Crippen LogP contribution in [0.4, 0.5) is 5.69 Å². The van der Waals surface area contributed by atoms with E-state index >= 15 is 0 Å². The molecular weight excluding hydrogens is 280 g/mol. The number of nitrogens with zero attached hydrogens (tertiary/aromatic N) is 1. The second kappa shape index (κ2) is 5.73. The molecule has 0 amide bonds. The molecular formula is C13H16N2O2S2. The number of thiophene rings is 1. The molecule has 0 atom stereocenters. The van der Waals surface area contributed by atoms with Gasteiger partial charge in [0.2, 0.25) is 10.0 Å². The molecule has 0 radical (unpaired) electrons. The van der Waals surface area contributed by atoms with Crippen LogP contribution in [0, 0.1) is 0 Å². The molecule has 6 heteroatoms. The van der Waals surface area contributed by atoms with Gasteiger partial charge in [-0.2, -0.15) is 15.6 Å². The second-order valence-electron chi connectivity index (χ2n) is 4.17. The van der Waals surface area contributed by atoms with Gasteiger partial charge < -0.3 is 5.32 Å². The summed E-state index contributed by atoms with van der Waals surface area (Å²) < 4.78 is 26.1. The lowest BCUT2D eigenvalue weighted by Crippen LogP contribution is -2.26. The van der Waals surface area contributed by atoms with Crippen molar-refractivity contribution in [2.24, 2.45) is 0 Å². The van der Waals surface area contributed by atoms with Gasteiger partial charge in [-0.3, -0.25) is 0 Å². The smallest absolute Gasteiger partial charge is 0.243 e. The Morgan fingerprint density at radius 3 is 2.42 bits per heavy atom. The van der Waals surface area contributed by atoms with Crippen molar-refractivity contribution in [1.29, 1.82) is 0 Å². The largest absolute Gasteiger partial charge is 0.388 e. The average Bonchev–Trinajstić information content (AvgIpc) is 2.91. The van der Waals surface area contributed by atoms with Crippen LogP contribution in [0.15, 0.2) is 46.0 Å². The zero-order valence-corrected chi connectivity index (χ0v) is 12.5. The lowest BCUT2D eigenvalue weighted by molar-refractivity contribution is 0.467. The van der Waals surface area contributed by atoms with Gasteiger partial charge in [-0.05, 0) is 46.7 Å². The van der Waals surface area contributed by atoms with Gasteiger partial charge in [0, 0.05) is 26.3 Å². The Labute approximate surface area is 117 Å². The van der Waals surface area contributed by atoms with E-state index in [4.69, 9.17) is 0 Å². The zero-order valence-electron chi connectivity index (χ0n) is 10.8. The summed E-state index contributed by atoms with van der Waals surface area (Å²) in [5.74, 6) is 0. The molecule has 0 unspecified atom stereocenters. The van der Waals surface area contributed by atoms with Crippen molar-refractivity contribution in [3.63, 3.8) is 0 Å². The summed E-state index contributed by atoms with van der Waals surface area (Å²) in [7, 11) is -0.0358. The highest BCUT2D eigenvalue weighted by Crippen LogP contribution is 2.19. The first-order valence-corrected chi connectivity index (χ1v) is 8.17. The maximum absolute atomic E-state index is 12.4. The Bertz CT molecular complexity index is 619. The highest BCUT2D eigenvalue weighted by molar-refractivity contribution is 7.89. The number of rotatable bonds is 5. The molecule has 0 aliphatic heterocycles. The molecule has 2 aromatic rings. The molecule has 1 aromatic carbocycles. The Hall–Kier alpha value is -1.37. The molecule has 0 aliphatic carbocycles. The summed E-state index contributed by atoms with van der Waals surface area (Å²) in [6.07, 6.45) is 0. The van der Waals surface area contributed by atoms with E-state index in [9.17, 15) is 8.42 Å². The molecule has 0 bridgehead atoms. The van der Waals surface area contributed by atoms with Crippen molar-refractivity contribution in [1.82, 2.24) is 4.31 Å². The van der Waals surface area contributed by atoms with Gasteiger partial charge in [-0.1, -0.05) is 0 Å². The summed E-state index contributed by atoms with van der Waals surface area (Å²) in [6.45, 7) is 0.389. The SMILES string of the molecule is CNc1ccc(S(=O)(=O)N(C)Cc2ccsc2)cc1. The summed E-state index contributed by atoms with van der Waals surface area (Å²) >= 11 is 1.56. The summed E-state index contributed by atoms with van der Waals surface area (Å²) in [6, 6.07) is 8.67. The molecule has 1 heterocycles. The van der Waals surface area contributed by atoms with Crippen LogP contribution >= 0.6 is 11.3 Å². The Kier molecular flexibility index (Phi) is 4.24. The van der Waals surface area contributed by atoms with Gasteiger partial charge in [0.15, 0.2) is 0 Å². The Morgan fingerprint density at radius 2 is 1.89 bits per heavy atom. The third-order valence-electron chi connectivity index (χ3n) is 2.84. The fourth-order valence-corrected chi connectivity index (χ4v) is 3.52. The van der Waals surface area contributed by atoms with E-state index in [1.807, 2.05) is 16.8 Å². The third kappa shape index (κ3) is 3.15. The standard InChI is InChI=1S/C13H16N2O2S2/c1-14-12-3-5-13(6-4-12)19(16,17)15(2)9-11-7-8-18-10-11/h3-8,10,14H,9H2,1-2H3. The fourth-order valence-electron chi connectivity index (χ4n) is 1.70. The molecule has 102 valence electrons. The van der Waals surface area contributed by atoms with Crippen molar-refractivity contribution in [3.05, 3.63) is 46.7 Å². The average molecular weight is 296 g/mol. The van der Waals surface area contributed by atoms with Gasteiger partial charge in [0.05, 0.1) is 4.90 Å². The van der Waals surface area contributed by atoms with E-state index in [1.165, 1.54) is 4.31 Å². The first kappa shape index (κ1) is 14.0. The number of nitrogens with one attached hydrogen (secondary N) is 1. The van der Waals surface area contributed by atoms with Crippen molar-refractivity contribution in [3.8, 4) is 0 Å². The Morgan fingerprint density at radius 1 is 1.21 bits per heavy atom. The number of anilines is 1. The van der Waals surface area contributed by atoms with Crippen LogP contribution in [0.1, 0.15) is 5.56 Å². The first-order chi connectivity index (χ1) is 9.04. The summed E-state index contributed by atoms with van der Waals surface area (Å²) in [5, 5.41) is 6.86. The van der Waals surface area contributed by atoms with Crippen LogP contribution in [0.3, 0.4) is 0 Å². The topological polar surface area (TPSA) is 49.4 Å². The van der Waals surface area contributed by atoms with Crippen LogP contribution in [-0.2, 0) is 16.6 Å². The fraction of sp³-hybridized carbons (Fsp3) is 0.231. The molecule has 4 nitrogen and oxygen atoms in total. The molecule has 1 aromatic heterocycles. The normalized spacial score (nSPS) is 11.7. The van der Waals surface area contributed by atoms with E-state index in [0.717, 1.165) is 11.3 Å². The van der Waals surface area contributed by atoms with E-state index in [-0.39, 0.29) is 0 Å². The molecule has 1 N–H and O–H groups in total. The van der Waals surface area contributed by atoms with Crippen LogP contribution in [0.5, 0.6) is 0 Å². The highest BCUT2D eigenvalue weighted by Gasteiger charge is 2.20. The van der Waals surface area contributed by atoms with Crippen molar-refractivity contribution < 1.29 is 8.42 Å².